The van der Waals surface area contributed by atoms with Crippen LogP contribution in [0.15, 0.2) is 11.6 Å². The van der Waals surface area contributed by atoms with Crippen LogP contribution < -0.4 is 0 Å². The van der Waals surface area contributed by atoms with Gasteiger partial charge >= 0.3 is 11.9 Å². The van der Waals surface area contributed by atoms with E-state index in [9.17, 15) is 14.7 Å². The van der Waals surface area contributed by atoms with Crippen molar-refractivity contribution in [2.75, 3.05) is 0 Å². The van der Waals surface area contributed by atoms with Crippen LogP contribution in [0.5, 0.6) is 0 Å². The summed E-state index contributed by atoms with van der Waals surface area (Å²) in [5.74, 6) is 1.01. The molecule has 0 amide bonds. The highest BCUT2D eigenvalue weighted by atomic mass is 16.6. The molecule has 1 unspecified atom stereocenters. The van der Waals surface area contributed by atoms with Gasteiger partial charge in [0.05, 0.1) is 6.10 Å². The number of aliphatic hydroxyl groups is 1. The van der Waals surface area contributed by atoms with Crippen LogP contribution in [0.4, 0.5) is 0 Å². The predicted molar refractivity (Wildman–Crippen MR) is 141 cm³/mol. The molecule has 1 N–H and O–H groups in total. The van der Waals surface area contributed by atoms with E-state index in [1.165, 1.54) is 12.0 Å². The Morgan fingerprint density at radius 3 is 2.32 bits per heavy atom. The lowest BCUT2D eigenvalue weighted by atomic mass is 9.33. The van der Waals surface area contributed by atoms with Gasteiger partial charge in [-0.1, -0.05) is 53.2 Å². The number of allylic oxidation sites excluding steroid dienone is 2. The molecule has 6 rings (SSSR count). The summed E-state index contributed by atoms with van der Waals surface area (Å²) in [5, 5.41) is 11.5. The number of hydrogen-bond acceptors (Lipinski definition) is 5. The van der Waals surface area contributed by atoms with Crippen LogP contribution in [-0.2, 0) is 19.1 Å². The van der Waals surface area contributed by atoms with E-state index in [0.29, 0.717) is 11.8 Å². The summed E-state index contributed by atoms with van der Waals surface area (Å²) in [4.78, 5) is 24.5. The van der Waals surface area contributed by atoms with Crippen molar-refractivity contribution in [2.24, 2.45) is 50.2 Å². The van der Waals surface area contributed by atoms with Crippen molar-refractivity contribution in [3.8, 4) is 0 Å². The van der Waals surface area contributed by atoms with E-state index >= 15 is 0 Å². The van der Waals surface area contributed by atoms with E-state index in [0.717, 1.165) is 44.9 Å². The Bertz CT molecular complexity index is 1080. The molecule has 37 heavy (non-hydrogen) atoms. The van der Waals surface area contributed by atoms with Crippen LogP contribution in [0.1, 0.15) is 107 Å². The van der Waals surface area contributed by atoms with Crippen LogP contribution in [0.25, 0.3) is 0 Å². The second-order valence-corrected chi connectivity index (χ2v) is 15.7. The number of hydrogen-bond donors (Lipinski definition) is 1. The number of esters is 2. The molecule has 0 radical (unpaired) electrons. The maximum absolute atomic E-state index is 12.6. The first-order chi connectivity index (χ1) is 17.1. The molecular formula is C32H48O5. The van der Waals surface area contributed by atoms with Gasteiger partial charge in [-0.2, -0.15) is 0 Å². The van der Waals surface area contributed by atoms with Gasteiger partial charge in [0.15, 0.2) is 0 Å². The summed E-state index contributed by atoms with van der Waals surface area (Å²) in [6, 6.07) is 0. The standard InChI is InChI=1S/C32H48O5/c1-18(33)36-23-12-13-29(5)21(27(23,2)3)11-14-32(8)22(29)10-9-19-20-17-30(6)25(37-26(30)35)24(34)28(20,4)15-16-31(19,32)7/h9,20-25,34H,10-17H2,1-8H3/t20-,21-,22+,23-,24-,25?,28+,29-,30+,31+,32+/m0/s1. The van der Waals surface area contributed by atoms with E-state index in [-0.39, 0.29) is 57.1 Å². The Kier molecular flexibility index (Phi) is 5.20. The molecule has 5 aliphatic carbocycles. The third kappa shape index (κ3) is 2.91. The van der Waals surface area contributed by atoms with Gasteiger partial charge < -0.3 is 14.6 Å². The number of carbonyl (C=O) groups is 2. The number of carbonyl (C=O) groups excluding carboxylic acids is 2. The quantitative estimate of drug-likeness (QED) is 0.333. The Balaban J connectivity index is 1.38. The zero-order chi connectivity index (χ0) is 27.0. The van der Waals surface area contributed by atoms with Gasteiger partial charge in [-0.05, 0) is 92.3 Å². The van der Waals surface area contributed by atoms with Crippen LogP contribution in [0, 0.1) is 50.2 Å². The van der Waals surface area contributed by atoms with Crippen molar-refractivity contribution in [1.29, 1.82) is 0 Å². The van der Waals surface area contributed by atoms with E-state index in [1.54, 1.807) is 6.92 Å². The van der Waals surface area contributed by atoms with E-state index < -0.39 is 11.5 Å². The molecule has 5 heteroatoms. The highest BCUT2D eigenvalue weighted by Crippen LogP contribution is 2.76. The summed E-state index contributed by atoms with van der Waals surface area (Å²) in [6.07, 6.45) is 9.88. The second-order valence-electron chi connectivity index (χ2n) is 15.7. The normalized spacial score (nSPS) is 55.6. The molecule has 0 bridgehead atoms. The molecule has 206 valence electrons. The molecule has 6 aliphatic rings. The van der Waals surface area contributed by atoms with Crippen molar-refractivity contribution in [3.63, 3.8) is 0 Å². The third-order valence-electron chi connectivity index (χ3n) is 14.0. The Hall–Kier alpha value is -1.36. The van der Waals surface area contributed by atoms with Gasteiger partial charge in [0, 0.05) is 17.8 Å². The van der Waals surface area contributed by atoms with E-state index in [2.05, 4.69) is 47.6 Å². The maximum atomic E-state index is 12.6. The molecule has 0 spiro atoms. The Morgan fingerprint density at radius 1 is 0.973 bits per heavy atom. The van der Waals surface area contributed by atoms with Crippen molar-refractivity contribution in [3.05, 3.63) is 11.6 Å². The van der Waals surface area contributed by atoms with Crippen LogP contribution in [-0.4, -0.2) is 35.4 Å². The van der Waals surface area contributed by atoms with Crippen LogP contribution in [0.2, 0.25) is 0 Å². The Morgan fingerprint density at radius 2 is 1.68 bits per heavy atom. The molecular weight excluding hydrogens is 464 g/mol. The monoisotopic (exact) mass is 512 g/mol. The van der Waals surface area contributed by atoms with Gasteiger partial charge in [-0.15, -0.1) is 0 Å². The highest BCUT2D eigenvalue weighted by Gasteiger charge is 2.73. The fraction of sp³-hybridized carbons (Fsp3) is 0.875. The van der Waals surface area contributed by atoms with Crippen molar-refractivity contribution >= 4 is 11.9 Å². The summed E-state index contributed by atoms with van der Waals surface area (Å²) in [7, 11) is 0. The first kappa shape index (κ1) is 25.9. The summed E-state index contributed by atoms with van der Waals surface area (Å²) in [5.41, 5.74) is 1.08. The smallest absolute Gasteiger partial charge is 0.316 e. The molecule has 0 aromatic heterocycles. The number of rotatable bonds is 1. The van der Waals surface area contributed by atoms with E-state index in [1.807, 2.05) is 6.92 Å². The first-order valence-corrected chi connectivity index (χ1v) is 14.8. The fourth-order valence-corrected chi connectivity index (χ4v) is 11.5. The average molecular weight is 513 g/mol. The third-order valence-corrected chi connectivity index (χ3v) is 14.0. The topological polar surface area (TPSA) is 72.8 Å². The number of aliphatic hydroxyl groups excluding tert-OH is 1. The highest BCUT2D eigenvalue weighted by molar-refractivity contribution is 5.83. The largest absolute Gasteiger partial charge is 0.462 e. The number of ether oxygens (including phenoxy) is 2. The molecule has 4 saturated carbocycles. The number of fused-ring (bicyclic) bond motifs is 8. The van der Waals surface area contributed by atoms with Gasteiger partial charge in [-0.25, -0.2) is 0 Å². The minimum Gasteiger partial charge on any atom is -0.462 e. The molecule has 1 aliphatic heterocycles. The van der Waals surface area contributed by atoms with Gasteiger partial charge in [-0.3, -0.25) is 9.59 Å². The summed E-state index contributed by atoms with van der Waals surface area (Å²) >= 11 is 0. The molecule has 0 aromatic rings. The molecule has 1 saturated heterocycles. The summed E-state index contributed by atoms with van der Waals surface area (Å²) < 4.78 is 11.4. The molecule has 5 fully saturated rings. The lowest BCUT2D eigenvalue weighted by Crippen LogP contribution is -2.71. The van der Waals surface area contributed by atoms with Crippen molar-refractivity contribution < 1.29 is 24.2 Å². The van der Waals surface area contributed by atoms with Gasteiger partial charge in [0.25, 0.3) is 0 Å². The summed E-state index contributed by atoms with van der Waals surface area (Å²) in [6.45, 7) is 18.1. The zero-order valence-corrected chi connectivity index (χ0v) is 24.3. The van der Waals surface area contributed by atoms with Gasteiger partial charge in [0.2, 0.25) is 0 Å². The van der Waals surface area contributed by atoms with Gasteiger partial charge in [0.1, 0.15) is 17.6 Å². The van der Waals surface area contributed by atoms with Crippen molar-refractivity contribution in [2.45, 2.75) is 125 Å². The maximum Gasteiger partial charge on any atom is 0.316 e. The molecule has 5 nitrogen and oxygen atoms in total. The minimum atomic E-state index is -0.601. The Labute approximate surface area is 223 Å². The zero-order valence-electron chi connectivity index (χ0n) is 24.3. The van der Waals surface area contributed by atoms with Crippen LogP contribution >= 0.6 is 0 Å². The second kappa shape index (κ2) is 7.43. The van der Waals surface area contributed by atoms with E-state index in [4.69, 9.17) is 9.47 Å². The lowest BCUT2D eigenvalue weighted by Gasteiger charge is -2.72. The van der Waals surface area contributed by atoms with Crippen molar-refractivity contribution in [1.82, 2.24) is 0 Å². The molecule has 1 heterocycles. The average Bonchev–Trinajstić information content (AvgIpc) is 2.80. The fourth-order valence-electron chi connectivity index (χ4n) is 11.5. The predicted octanol–water partition coefficient (Wildman–Crippen LogP) is 6.23. The molecule has 11 atom stereocenters. The van der Waals surface area contributed by atoms with Crippen LogP contribution in [0.3, 0.4) is 0 Å². The minimum absolute atomic E-state index is 0.00671. The SMILES string of the molecule is CC(=O)O[C@H]1CC[C@]2(C)[C@H]3CC=C4[C@@H]5C[C@@]6(C)C(=O)OC6[C@H](O)[C@]5(C)CC[C@@]4(C)[C@]3(C)CC[C@H]2C1(C)C. The first-order valence-electron chi connectivity index (χ1n) is 14.8. The lowest BCUT2D eigenvalue weighted by molar-refractivity contribution is -0.267. The molecule has 0 aromatic carbocycles.